The molecule has 0 aliphatic heterocycles. The van der Waals surface area contributed by atoms with Crippen molar-refractivity contribution in [1.82, 2.24) is 0 Å². The van der Waals surface area contributed by atoms with E-state index < -0.39 is 13.4 Å². The van der Waals surface area contributed by atoms with Crippen LogP contribution in [0.3, 0.4) is 0 Å². The summed E-state index contributed by atoms with van der Waals surface area (Å²) in [5.74, 6) is 0. The molecule has 0 saturated carbocycles. The molecule has 0 aromatic heterocycles. The Morgan fingerprint density at radius 3 is 1.17 bits per heavy atom. The average Bonchev–Trinajstić information content (AvgIpc) is 0.722. The van der Waals surface area contributed by atoms with Gasteiger partial charge in [0.25, 0.3) is 0 Å². The van der Waals surface area contributed by atoms with Crippen molar-refractivity contribution in [3.05, 3.63) is 0 Å². The molecule has 0 spiro atoms. The summed E-state index contributed by atoms with van der Waals surface area (Å²) in [7, 11) is 0. The standard InChI is InChI=1S/F.Mn.2H2O.2O/h;;2*1H2;;/q;+2;;;;/p-2. The van der Waals surface area contributed by atoms with Gasteiger partial charge in [0.1, 0.15) is 0 Å². The monoisotopic (exact) mass is 140 g/mol. The molecule has 0 amide bonds. The average molecular weight is 140 g/mol. The van der Waals surface area contributed by atoms with Gasteiger partial charge in [0, 0.05) is 4.70 Å². The van der Waals surface area contributed by atoms with Gasteiger partial charge in [0.2, 0.25) is 0 Å². The van der Waals surface area contributed by atoms with Crippen molar-refractivity contribution in [2.45, 2.75) is 0 Å². The first kappa shape index (κ1) is 9.36. The molecule has 0 atom stereocenters. The second-order valence-corrected chi connectivity index (χ2v) is 1.71. The number of hydrogen-bond acceptors (Lipinski definition) is 2. The summed E-state index contributed by atoms with van der Waals surface area (Å²) in [6.45, 7) is 0. The van der Waals surface area contributed by atoms with E-state index in [0.29, 0.717) is 0 Å². The summed E-state index contributed by atoms with van der Waals surface area (Å²) < 4.78 is 31.8. The Labute approximate surface area is 35.1 Å². The molecule has 0 bridgehead atoms. The Bertz CT molecular complexity index is 90.7. The molecule has 0 saturated heterocycles. The van der Waals surface area contributed by atoms with Crippen molar-refractivity contribution in [3.63, 3.8) is 0 Å². The summed E-state index contributed by atoms with van der Waals surface area (Å²) in [4.78, 5) is 0. The molecule has 6 heavy (non-hydrogen) atoms. The topological polar surface area (TPSA) is 74.6 Å². The van der Waals surface area contributed by atoms with E-state index >= 15 is 0 Å². The van der Waals surface area contributed by atoms with Gasteiger partial charge < -0.3 is 0 Å². The first-order valence-electron chi connectivity index (χ1n) is 0.647. The minimum absolute atomic E-state index is 0. The third-order valence-electron chi connectivity index (χ3n) is 0. The van der Waals surface area contributed by atoms with Crippen LogP contribution in [-0.4, -0.2) is 8.38 Å². The Morgan fingerprint density at radius 2 is 1.17 bits per heavy atom. The summed E-state index contributed by atoms with van der Waals surface area (Å²) >= 11 is -5.12. The molecule has 0 fully saturated rings. The zero-order valence-corrected chi connectivity index (χ0v) is 3.65. The molecule has 0 aliphatic rings. The van der Waals surface area contributed by atoms with E-state index in [0.717, 1.165) is 0 Å². The van der Waals surface area contributed by atoms with Crippen molar-refractivity contribution in [2.75, 3.05) is 0 Å². The molecule has 0 aliphatic carbocycles. The van der Waals surface area contributed by atoms with E-state index in [9.17, 15) is 0 Å². The minimum atomic E-state index is -5.12. The molecule has 0 aromatic carbocycles. The zero-order valence-electron chi connectivity index (χ0n) is 2.47. The predicted molar refractivity (Wildman–Crippen MR) is 6.92 cm³/mol. The van der Waals surface area contributed by atoms with Gasteiger partial charge in [-0.3, -0.25) is 0 Å². The third-order valence-corrected chi connectivity index (χ3v) is 0. The van der Waals surface area contributed by atoms with Gasteiger partial charge in [-0.2, -0.15) is 0 Å². The van der Waals surface area contributed by atoms with Gasteiger partial charge >= 0.3 is 29.4 Å². The maximum atomic E-state index is 8.80. The fourth-order valence-corrected chi connectivity index (χ4v) is 0. The van der Waals surface area contributed by atoms with Crippen molar-refractivity contribution >= 4 is 0 Å². The first-order chi connectivity index (χ1) is 2.00. The number of rotatable bonds is 0. The van der Waals surface area contributed by atoms with Crippen LogP contribution in [0.5, 0.6) is 0 Å². The van der Waals surface area contributed by atoms with E-state index in [2.05, 4.69) is 0 Å². The first-order valence-corrected chi connectivity index (χ1v) is 2.67. The molecule has 2 N–H and O–H groups in total. The van der Waals surface area contributed by atoms with Crippen LogP contribution in [0.15, 0.2) is 0 Å². The van der Waals surface area contributed by atoms with Crippen LogP contribution in [0.4, 0.5) is 4.70 Å². The van der Waals surface area contributed by atoms with E-state index in [1.807, 2.05) is 0 Å². The summed E-state index contributed by atoms with van der Waals surface area (Å²) in [6, 6.07) is 0. The van der Waals surface area contributed by atoms with Crippen LogP contribution in [-0.2, 0) is 21.0 Å². The van der Waals surface area contributed by atoms with Crippen LogP contribution in [0.2, 0.25) is 0 Å². The van der Waals surface area contributed by atoms with E-state index in [4.69, 9.17) is 16.0 Å². The quantitative estimate of drug-likeness (QED) is 0.426. The number of hydrogen-bond donors (Lipinski definition) is 2. The zero-order chi connectivity index (χ0) is 4.50. The molecule has 0 aromatic rings. The van der Waals surface area contributed by atoms with Gasteiger partial charge in [-0.25, -0.2) is 0 Å². The second kappa shape index (κ2) is 2.20. The van der Waals surface area contributed by atoms with Crippen molar-refractivity contribution in [1.29, 1.82) is 0 Å². The number of halogens is 1. The molecule has 0 unspecified atom stereocenters. The summed E-state index contributed by atoms with van der Waals surface area (Å²) in [6.07, 6.45) is 0. The molecule has 6 heteroatoms. The summed E-state index contributed by atoms with van der Waals surface area (Å²) in [5, 5.41) is 0. The fraction of sp³-hybridized carbons (Fsp3) is 0. The molecule has 40 valence electrons. The van der Waals surface area contributed by atoms with E-state index in [1.165, 1.54) is 0 Å². The SMILES string of the molecule is [F].[O]=[Mn](=[O])([OH])[OH]. The van der Waals surface area contributed by atoms with Crippen LogP contribution < -0.4 is 0 Å². The van der Waals surface area contributed by atoms with E-state index in [-0.39, 0.29) is 4.70 Å². The third kappa shape index (κ3) is 37600. The Hall–Kier alpha value is -0.0305. The van der Waals surface area contributed by atoms with Crippen LogP contribution in [0.25, 0.3) is 0 Å². The predicted octanol–water partition coefficient (Wildman–Crippen LogP) is -0.934. The van der Waals surface area contributed by atoms with Gasteiger partial charge in [-0.05, 0) is 0 Å². The summed E-state index contributed by atoms with van der Waals surface area (Å²) in [5.41, 5.74) is 0. The normalized spacial score (nSPS) is 9.67. The molecule has 0 rings (SSSR count). The second-order valence-electron chi connectivity index (χ2n) is 0.415. The Balaban J connectivity index is 0. The molecular formula is H2FMnO4. The molecule has 0 heterocycles. The van der Waals surface area contributed by atoms with Gasteiger partial charge in [0.15, 0.2) is 0 Å². The molecular weight excluding hydrogens is 138 g/mol. The maximum absolute atomic E-state index is 8.80. The van der Waals surface area contributed by atoms with Crippen molar-refractivity contribution < 1.29 is 34.1 Å². The van der Waals surface area contributed by atoms with Crippen LogP contribution in [0.1, 0.15) is 0 Å². The van der Waals surface area contributed by atoms with Gasteiger partial charge in [0.05, 0.1) is 0 Å². The Kier molecular flexibility index (Phi) is 3.43. The van der Waals surface area contributed by atoms with Crippen molar-refractivity contribution in [3.8, 4) is 0 Å². The fourth-order valence-electron chi connectivity index (χ4n) is 0. The van der Waals surface area contributed by atoms with Crippen LogP contribution >= 0.6 is 0 Å². The molecule has 4 nitrogen and oxygen atoms in total. The molecule has 1 radical (unpaired) electrons. The van der Waals surface area contributed by atoms with Gasteiger partial charge in [-0.15, -0.1) is 0 Å². The van der Waals surface area contributed by atoms with Gasteiger partial charge in [-0.1, -0.05) is 0 Å². The van der Waals surface area contributed by atoms with Crippen LogP contribution in [0, 0.1) is 0 Å². The Morgan fingerprint density at radius 1 is 1.17 bits per heavy atom. The van der Waals surface area contributed by atoms with E-state index in [1.54, 1.807) is 0 Å². The van der Waals surface area contributed by atoms with Crippen molar-refractivity contribution in [2.24, 2.45) is 0 Å².